The molecule has 0 saturated carbocycles. The Hall–Kier alpha value is -2.93. The Bertz CT molecular complexity index is 1010. The summed E-state index contributed by atoms with van der Waals surface area (Å²) >= 11 is 0. The van der Waals surface area contributed by atoms with Gasteiger partial charge < -0.3 is 15.0 Å². The van der Waals surface area contributed by atoms with Crippen LogP contribution in [0.1, 0.15) is 19.3 Å². The van der Waals surface area contributed by atoms with E-state index in [9.17, 15) is 4.79 Å². The summed E-state index contributed by atoms with van der Waals surface area (Å²) in [6, 6.07) is 8.19. The van der Waals surface area contributed by atoms with Crippen LogP contribution in [0.15, 0.2) is 36.7 Å². The van der Waals surface area contributed by atoms with Crippen LogP contribution in [0.4, 0.5) is 11.6 Å². The molecule has 0 unspecified atom stereocenters. The summed E-state index contributed by atoms with van der Waals surface area (Å²) < 4.78 is 5.44. The molecule has 0 bridgehead atoms. The van der Waals surface area contributed by atoms with Crippen molar-refractivity contribution in [1.29, 1.82) is 0 Å². The Labute approximate surface area is 163 Å². The number of hydrogen-bond acceptors (Lipinski definition) is 5. The number of aromatic amines is 1. The Morgan fingerprint density at radius 3 is 3.00 bits per heavy atom. The molecule has 1 fully saturated rings. The van der Waals surface area contributed by atoms with Crippen molar-refractivity contribution in [1.82, 2.24) is 15.0 Å². The minimum absolute atomic E-state index is 0.0482. The van der Waals surface area contributed by atoms with Crippen molar-refractivity contribution in [2.24, 2.45) is 5.92 Å². The van der Waals surface area contributed by atoms with E-state index in [4.69, 9.17) is 9.72 Å². The Morgan fingerprint density at radius 1 is 1.21 bits per heavy atom. The zero-order valence-electron chi connectivity index (χ0n) is 15.6. The standard InChI is InChI=1S/C21H23N5O2/c27-19-13-24-20-21(26(19)8-4-14-5-9-28-10-6-14)25-18(12-23-20)15-1-2-17-16(11-15)3-7-22-17/h1-3,7,11-12,14,22H,4-6,8-10,13H2,(H,23,24). The molecule has 5 rings (SSSR count). The average Bonchev–Trinajstić information content (AvgIpc) is 3.21. The number of ether oxygens (including phenoxy) is 1. The number of fused-ring (bicyclic) bond motifs is 2. The normalized spacial score (nSPS) is 17.6. The number of carbonyl (C=O) groups is 1. The van der Waals surface area contributed by atoms with Crippen LogP contribution >= 0.6 is 0 Å². The van der Waals surface area contributed by atoms with Crippen LogP contribution in [0.5, 0.6) is 0 Å². The molecule has 2 N–H and O–H groups in total. The maximum Gasteiger partial charge on any atom is 0.247 e. The highest BCUT2D eigenvalue weighted by Gasteiger charge is 2.28. The lowest BCUT2D eigenvalue weighted by molar-refractivity contribution is -0.117. The van der Waals surface area contributed by atoms with Gasteiger partial charge in [-0.3, -0.25) is 9.69 Å². The van der Waals surface area contributed by atoms with Crippen molar-refractivity contribution in [2.75, 3.05) is 36.5 Å². The molecule has 2 aromatic heterocycles. The molecule has 1 saturated heterocycles. The van der Waals surface area contributed by atoms with Gasteiger partial charge in [0, 0.05) is 42.4 Å². The molecule has 28 heavy (non-hydrogen) atoms. The highest BCUT2D eigenvalue weighted by Crippen LogP contribution is 2.31. The third-order valence-corrected chi connectivity index (χ3v) is 5.67. The number of aromatic nitrogens is 3. The van der Waals surface area contributed by atoms with Crippen LogP contribution in [0.3, 0.4) is 0 Å². The van der Waals surface area contributed by atoms with Crippen molar-refractivity contribution in [3.8, 4) is 11.3 Å². The zero-order chi connectivity index (χ0) is 18.9. The third kappa shape index (κ3) is 3.22. The van der Waals surface area contributed by atoms with Gasteiger partial charge in [-0.25, -0.2) is 9.97 Å². The summed E-state index contributed by atoms with van der Waals surface area (Å²) in [6.45, 7) is 2.59. The van der Waals surface area contributed by atoms with Gasteiger partial charge >= 0.3 is 0 Å². The van der Waals surface area contributed by atoms with Gasteiger partial charge in [-0.1, -0.05) is 6.07 Å². The lowest BCUT2D eigenvalue weighted by Gasteiger charge is -2.30. The predicted octanol–water partition coefficient (Wildman–Crippen LogP) is 3.20. The fraction of sp³-hybridized carbons (Fsp3) is 0.381. The Kier molecular flexibility index (Phi) is 4.44. The summed E-state index contributed by atoms with van der Waals surface area (Å²) in [5, 5.41) is 4.22. The fourth-order valence-corrected chi connectivity index (χ4v) is 3.99. The number of benzene rings is 1. The minimum atomic E-state index is 0.0482. The van der Waals surface area contributed by atoms with Crippen molar-refractivity contribution < 1.29 is 9.53 Å². The second-order valence-electron chi connectivity index (χ2n) is 7.45. The number of carbonyl (C=O) groups excluding carboxylic acids is 1. The maximum atomic E-state index is 12.6. The topological polar surface area (TPSA) is 83.1 Å². The summed E-state index contributed by atoms with van der Waals surface area (Å²) in [5.74, 6) is 1.96. The van der Waals surface area contributed by atoms with Crippen LogP contribution in [0.2, 0.25) is 0 Å². The third-order valence-electron chi connectivity index (χ3n) is 5.67. The van der Waals surface area contributed by atoms with E-state index in [-0.39, 0.29) is 12.5 Å². The van der Waals surface area contributed by atoms with Gasteiger partial charge in [0.05, 0.1) is 18.4 Å². The highest BCUT2D eigenvalue weighted by molar-refractivity contribution is 6.01. The molecule has 0 spiro atoms. The molecule has 0 aliphatic carbocycles. The first-order chi connectivity index (χ1) is 13.8. The van der Waals surface area contributed by atoms with Gasteiger partial charge in [0.2, 0.25) is 5.91 Å². The second-order valence-corrected chi connectivity index (χ2v) is 7.45. The van der Waals surface area contributed by atoms with Gasteiger partial charge in [-0.15, -0.1) is 0 Å². The predicted molar refractivity (Wildman–Crippen MR) is 108 cm³/mol. The monoisotopic (exact) mass is 377 g/mol. The van der Waals surface area contributed by atoms with E-state index in [1.165, 1.54) is 0 Å². The molecule has 3 aromatic rings. The largest absolute Gasteiger partial charge is 0.381 e. The minimum Gasteiger partial charge on any atom is -0.381 e. The van der Waals surface area contributed by atoms with E-state index < -0.39 is 0 Å². The molecule has 2 aliphatic rings. The van der Waals surface area contributed by atoms with Crippen LogP contribution in [-0.2, 0) is 9.53 Å². The molecule has 7 heteroatoms. The molecule has 1 aromatic carbocycles. The summed E-state index contributed by atoms with van der Waals surface area (Å²) in [5.41, 5.74) is 2.85. The van der Waals surface area contributed by atoms with E-state index in [0.717, 1.165) is 54.6 Å². The number of hydrogen-bond donors (Lipinski definition) is 2. The van der Waals surface area contributed by atoms with E-state index in [2.05, 4.69) is 21.4 Å². The maximum absolute atomic E-state index is 12.6. The first kappa shape index (κ1) is 17.2. The summed E-state index contributed by atoms with van der Waals surface area (Å²) in [6.07, 6.45) is 6.79. The van der Waals surface area contributed by atoms with Gasteiger partial charge in [0.1, 0.15) is 0 Å². The quantitative estimate of drug-likeness (QED) is 0.730. The van der Waals surface area contributed by atoms with Crippen molar-refractivity contribution in [3.05, 3.63) is 36.7 Å². The Balaban J connectivity index is 1.43. The molecule has 1 amide bonds. The van der Waals surface area contributed by atoms with Gasteiger partial charge in [-0.2, -0.15) is 0 Å². The van der Waals surface area contributed by atoms with Crippen molar-refractivity contribution in [2.45, 2.75) is 19.3 Å². The van der Waals surface area contributed by atoms with Crippen LogP contribution < -0.4 is 10.2 Å². The molecule has 2 aliphatic heterocycles. The number of rotatable bonds is 4. The molecule has 144 valence electrons. The molecular weight excluding hydrogens is 354 g/mol. The molecular formula is C21H23N5O2. The van der Waals surface area contributed by atoms with E-state index in [1.54, 1.807) is 11.1 Å². The first-order valence-electron chi connectivity index (χ1n) is 9.84. The molecule has 0 radical (unpaired) electrons. The molecule has 4 heterocycles. The van der Waals surface area contributed by atoms with E-state index in [1.807, 2.05) is 24.4 Å². The van der Waals surface area contributed by atoms with E-state index >= 15 is 0 Å². The summed E-state index contributed by atoms with van der Waals surface area (Å²) in [7, 11) is 0. The smallest absolute Gasteiger partial charge is 0.247 e. The average molecular weight is 377 g/mol. The second kappa shape index (κ2) is 7.24. The van der Waals surface area contributed by atoms with Crippen LogP contribution in [0, 0.1) is 5.92 Å². The van der Waals surface area contributed by atoms with Gasteiger partial charge in [0.15, 0.2) is 11.6 Å². The van der Waals surface area contributed by atoms with Crippen molar-refractivity contribution >= 4 is 28.4 Å². The molecule has 0 atom stereocenters. The van der Waals surface area contributed by atoms with Gasteiger partial charge in [-0.05, 0) is 43.4 Å². The number of anilines is 2. The van der Waals surface area contributed by atoms with Crippen LogP contribution in [-0.4, -0.2) is 47.2 Å². The lowest BCUT2D eigenvalue weighted by atomic mass is 9.96. The van der Waals surface area contributed by atoms with Crippen molar-refractivity contribution in [3.63, 3.8) is 0 Å². The number of nitrogens with zero attached hydrogens (tertiary/aromatic N) is 3. The first-order valence-corrected chi connectivity index (χ1v) is 9.84. The van der Waals surface area contributed by atoms with E-state index in [0.29, 0.717) is 24.1 Å². The zero-order valence-corrected chi connectivity index (χ0v) is 15.6. The summed E-state index contributed by atoms with van der Waals surface area (Å²) in [4.78, 5) is 26.9. The Morgan fingerprint density at radius 2 is 2.11 bits per heavy atom. The molecule has 7 nitrogen and oxygen atoms in total. The lowest BCUT2D eigenvalue weighted by Crippen LogP contribution is -2.42. The fourth-order valence-electron chi connectivity index (χ4n) is 3.99. The SMILES string of the molecule is O=C1CNc2ncc(-c3ccc4[nH]ccc4c3)nc2N1CCC1CCOCC1. The van der Waals surface area contributed by atoms with Gasteiger partial charge in [0.25, 0.3) is 0 Å². The van der Waals surface area contributed by atoms with Crippen LogP contribution in [0.25, 0.3) is 22.2 Å². The number of nitrogens with one attached hydrogen (secondary N) is 2. The number of amides is 1. The highest BCUT2D eigenvalue weighted by atomic mass is 16.5. The number of H-pyrrole nitrogens is 1.